The van der Waals surface area contributed by atoms with Crippen molar-refractivity contribution in [3.63, 3.8) is 0 Å². The third kappa shape index (κ3) is 4.52. The summed E-state index contributed by atoms with van der Waals surface area (Å²) in [6.45, 7) is 12.4. The van der Waals surface area contributed by atoms with Crippen LogP contribution < -0.4 is 0 Å². The molecule has 1 aliphatic heterocycles. The second-order valence-corrected chi connectivity index (χ2v) is 7.64. The van der Waals surface area contributed by atoms with E-state index in [2.05, 4.69) is 37.8 Å². The van der Waals surface area contributed by atoms with Gasteiger partial charge in [-0.15, -0.1) is 0 Å². The molecule has 0 N–H and O–H groups in total. The van der Waals surface area contributed by atoms with Gasteiger partial charge in [-0.25, -0.2) is 4.98 Å². The third-order valence-electron chi connectivity index (χ3n) is 4.87. The lowest BCUT2D eigenvalue weighted by atomic mass is 10.1. The van der Waals surface area contributed by atoms with Gasteiger partial charge in [-0.05, 0) is 31.9 Å². The van der Waals surface area contributed by atoms with Gasteiger partial charge in [-0.3, -0.25) is 9.69 Å². The lowest BCUT2D eigenvalue weighted by molar-refractivity contribution is -0.133. The van der Waals surface area contributed by atoms with Gasteiger partial charge in [0.25, 0.3) is 0 Å². The minimum absolute atomic E-state index is 0.277. The summed E-state index contributed by atoms with van der Waals surface area (Å²) in [7, 11) is 0. The van der Waals surface area contributed by atoms with Crippen LogP contribution in [0.3, 0.4) is 0 Å². The van der Waals surface area contributed by atoms with Crippen molar-refractivity contribution in [1.29, 1.82) is 0 Å². The molecule has 3 rings (SSSR count). The monoisotopic (exact) mass is 355 g/mol. The van der Waals surface area contributed by atoms with Crippen LogP contribution in [0.5, 0.6) is 0 Å². The van der Waals surface area contributed by atoms with E-state index in [1.54, 1.807) is 0 Å². The number of piperazine rings is 1. The smallest absolute Gasteiger partial charge is 0.226 e. The average Bonchev–Trinajstić information content (AvgIpc) is 2.96. The Bertz CT molecular complexity index is 741. The van der Waals surface area contributed by atoms with Gasteiger partial charge < -0.3 is 9.32 Å². The highest BCUT2D eigenvalue weighted by Gasteiger charge is 2.23. The van der Waals surface area contributed by atoms with Gasteiger partial charge in [0.1, 0.15) is 5.76 Å². The molecule has 0 spiro atoms. The molecule has 0 saturated carbocycles. The fourth-order valence-corrected chi connectivity index (χ4v) is 3.24. The Morgan fingerprint density at radius 2 is 1.77 bits per heavy atom. The van der Waals surface area contributed by atoms with E-state index < -0.39 is 0 Å². The summed E-state index contributed by atoms with van der Waals surface area (Å²) >= 11 is 0. The van der Waals surface area contributed by atoms with E-state index in [1.807, 2.05) is 24.0 Å². The summed E-state index contributed by atoms with van der Waals surface area (Å²) in [6, 6.07) is 8.23. The Kier molecular flexibility index (Phi) is 5.77. The molecule has 1 aliphatic rings. The molecule has 1 fully saturated rings. The molecule has 5 nitrogen and oxygen atoms in total. The van der Waals surface area contributed by atoms with Crippen molar-refractivity contribution in [2.24, 2.45) is 5.92 Å². The molecule has 1 aromatic heterocycles. The fourth-order valence-electron chi connectivity index (χ4n) is 3.24. The van der Waals surface area contributed by atoms with E-state index in [9.17, 15) is 4.79 Å². The van der Waals surface area contributed by atoms with Crippen LogP contribution in [0, 0.1) is 19.8 Å². The van der Waals surface area contributed by atoms with Gasteiger partial charge in [0, 0.05) is 44.7 Å². The first kappa shape index (κ1) is 18.6. The third-order valence-corrected chi connectivity index (χ3v) is 4.87. The Hall–Kier alpha value is -2.14. The van der Waals surface area contributed by atoms with Gasteiger partial charge in [0.2, 0.25) is 11.8 Å². The largest absolute Gasteiger partial charge is 0.441 e. The Morgan fingerprint density at radius 3 is 2.38 bits per heavy atom. The number of aromatic nitrogens is 1. The number of amides is 1. The van der Waals surface area contributed by atoms with Crippen LogP contribution in [0.4, 0.5) is 0 Å². The number of hydrogen-bond acceptors (Lipinski definition) is 4. The van der Waals surface area contributed by atoms with Gasteiger partial charge in [0.05, 0.1) is 5.69 Å². The summed E-state index contributed by atoms with van der Waals surface area (Å²) in [5.41, 5.74) is 3.22. The second kappa shape index (κ2) is 8.04. The zero-order chi connectivity index (χ0) is 18.7. The van der Waals surface area contributed by atoms with E-state index >= 15 is 0 Å². The van der Waals surface area contributed by atoms with Crippen molar-refractivity contribution in [1.82, 2.24) is 14.8 Å². The lowest BCUT2D eigenvalue weighted by Gasteiger charge is -2.34. The van der Waals surface area contributed by atoms with Crippen LogP contribution in [0.2, 0.25) is 0 Å². The first-order valence-electron chi connectivity index (χ1n) is 9.46. The summed E-state index contributed by atoms with van der Waals surface area (Å²) in [4.78, 5) is 21.2. The highest BCUT2D eigenvalue weighted by molar-refractivity contribution is 5.76. The predicted molar refractivity (Wildman–Crippen MR) is 103 cm³/mol. The van der Waals surface area contributed by atoms with Crippen LogP contribution in [-0.2, 0) is 11.3 Å². The van der Waals surface area contributed by atoms with Crippen molar-refractivity contribution >= 4 is 5.91 Å². The number of aryl methyl sites for hydroxylation is 2. The minimum Gasteiger partial charge on any atom is -0.441 e. The highest BCUT2D eigenvalue weighted by Crippen LogP contribution is 2.23. The number of rotatable bonds is 5. The molecule has 0 bridgehead atoms. The van der Waals surface area contributed by atoms with Gasteiger partial charge in [0.15, 0.2) is 0 Å². The van der Waals surface area contributed by atoms with Gasteiger partial charge in [-0.2, -0.15) is 0 Å². The summed E-state index contributed by atoms with van der Waals surface area (Å²) in [5, 5.41) is 0. The molecular formula is C21H29N3O2. The zero-order valence-electron chi connectivity index (χ0n) is 16.3. The second-order valence-electron chi connectivity index (χ2n) is 7.64. The lowest BCUT2D eigenvalue weighted by Crippen LogP contribution is -2.48. The van der Waals surface area contributed by atoms with Crippen LogP contribution in [0.15, 0.2) is 28.7 Å². The highest BCUT2D eigenvalue weighted by atomic mass is 16.4. The van der Waals surface area contributed by atoms with E-state index in [4.69, 9.17) is 9.40 Å². The molecular weight excluding hydrogens is 326 g/mol. The minimum atomic E-state index is 0.277. The molecule has 0 unspecified atom stereocenters. The zero-order valence-corrected chi connectivity index (χ0v) is 16.3. The number of carbonyl (C=O) groups excluding carboxylic acids is 1. The number of hydrogen-bond donors (Lipinski definition) is 0. The van der Waals surface area contributed by atoms with Crippen molar-refractivity contribution in [3.05, 3.63) is 41.3 Å². The SMILES string of the molecule is Cc1ccc(-c2nc(CN3CCN(C(=O)CC(C)C)CC3)c(C)o2)cc1. The maximum atomic E-state index is 12.2. The topological polar surface area (TPSA) is 49.6 Å². The standard InChI is InChI=1S/C21H29N3O2/c1-15(2)13-20(25)24-11-9-23(10-12-24)14-19-17(4)26-21(22-19)18-7-5-16(3)6-8-18/h5-8,15H,9-14H2,1-4H3. The molecule has 1 amide bonds. The Morgan fingerprint density at radius 1 is 1.12 bits per heavy atom. The molecule has 1 saturated heterocycles. The van der Waals surface area contributed by atoms with Crippen LogP contribution in [0.25, 0.3) is 11.5 Å². The number of oxazole rings is 1. The number of benzene rings is 1. The van der Waals surface area contributed by atoms with Crippen LogP contribution >= 0.6 is 0 Å². The Balaban J connectivity index is 1.59. The maximum absolute atomic E-state index is 12.2. The molecule has 2 heterocycles. The molecule has 0 radical (unpaired) electrons. The van der Waals surface area contributed by atoms with Crippen molar-refractivity contribution in [3.8, 4) is 11.5 Å². The van der Waals surface area contributed by atoms with E-state index in [0.29, 0.717) is 18.2 Å². The summed E-state index contributed by atoms with van der Waals surface area (Å²) in [6.07, 6.45) is 0.641. The quantitative estimate of drug-likeness (QED) is 0.821. The molecule has 5 heteroatoms. The van der Waals surface area contributed by atoms with Crippen molar-refractivity contribution in [2.45, 2.75) is 40.7 Å². The molecule has 0 atom stereocenters. The Labute approximate surface area is 156 Å². The summed E-state index contributed by atoms with van der Waals surface area (Å²) in [5.74, 6) is 2.25. The van der Waals surface area contributed by atoms with E-state index in [0.717, 1.165) is 49.7 Å². The number of nitrogens with zero attached hydrogens (tertiary/aromatic N) is 3. The fraction of sp³-hybridized carbons (Fsp3) is 0.524. The number of carbonyl (C=O) groups is 1. The van der Waals surface area contributed by atoms with Crippen LogP contribution in [0.1, 0.15) is 37.3 Å². The van der Waals surface area contributed by atoms with Crippen molar-refractivity contribution < 1.29 is 9.21 Å². The predicted octanol–water partition coefficient (Wildman–Crippen LogP) is 3.65. The normalized spacial score (nSPS) is 15.7. The molecule has 2 aromatic rings. The average molecular weight is 355 g/mol. The molecule has 0 aliphatic carbocycles. The first-order chi connectivity index (χ1) is 12.4. The van der Waals surface area contributed by atoms with E-state index in [1.165, 1.54) is 5.56 Å². The van der Waals surface area contributed by atoms with Crippen molar-refractivity contribution in [2.75, 3.05) is 26.2 Å². The molecule has 140 valence electrons. The molecule has 26 heavy (non-hydrogen) atoms. The maximum Gasteiger partial charge on any atom is 0.226 e. The van der Waals surface area contributed by atoms with E-state index in [-0.39, 0.29) is 5.91 Å². The van der Waals surface area contributed by atoms with Crippen LogP contribution in [-0.4, -0.2) is 46.9 Å². The van der Waals surface area contributed by atoms with Gasteiger partial charge >= 0.3 is 0 Å². The first-order valence-corrected chi connectivity index (χ1v) is 9.46. The molecule has 1 aromatic carbocycles. The van der Waals surface area contributed by atoms with Gasteiger partial charge in [-0.1, -0.05) is 31.5 Å². The summed E-state index contributed by atoms with van der Waals surface area (Å²) < 4.78 is 5.88.